The second-order valence-corrected chi connectivity index (χ2v) is 8.45. The molecular formula is C24H21NO4S. The topological polar surface area (TPSA) is 77.8 Å². The number of Topliss-reactive ketones (excluding diaryl/α,β-unsaturated/α-hetero) is 1. The molecule has 1 atom stereocenters. The third kappa shape index (κ3) is 3.50. The summed E-state index contributed by atoms with van der Waals surface area (Å²) in [6.45, 7) is 3.99. The first-order valence-corrected chi connectivity index (χ1v) is 10.4. The molecule has 1 aliphatic heterocycles. The highest BCUT2D eigenvalue weighted by atomic mass is 32.1. The number of benzene rings is 2. The molecule has 3 aromatic rings. The molecule has 1 amide bonds. The van der Waals surface area contributed by atoms with Gasteiger partial charge in [0, 0.05) is 10.4 Å². The molecule has 2 N–H and O–H groups in total. The van der Waals surface area contributed by atoms with E-state index in [1.54, 1.807) is 18.2 Å². The minimum Gasteiger partial charge on any atom is -0.508 e. The molecule has 0 radical (unpaired) electrons. The molecule has 152 valence electrons. The summed E-state index contributed by atoms with van der Waals surface area (Å²) in [6.07, 6.45) is 0. The molecule has 2 heterocycles. The van der Waals surface area contributed by atoms with E-state index in [1.165, 1.54) is 28.4 Å². The van der Waals surface area contributed by atoms with Gasteiger partial charge < -0.3 is 15.1 Å². The van der Waals surface area contributed by atoms with Gasteiger partial charge in [-0.25, -0.2) is 0 Å². The molecule has 0 spiro atoms. The molecule has 1 unspecified atom stereocenters. The van der Waals surface area contributed by atoms with Crippen LogP contribution in [0, 0.1) is 13.8 Å². The minimum atomic E-state index is -0.792. The number of phenols is 1. The number of carbonyl (C=O) groups is 2. The Hall–Kier alpha value is -3.38. The van der Waals surface area contributed by atoms with E-state index < -0.39 is 17.7 Å². The summed E-state index contributed by atoms with van der Waals surface area (Å²) in [4.78, 5) is 28.4. The Morgan fingerprint density at radius 3 is 2.57 bits per heavy atom. The van der Waals surface area contributed by atoms with Crippen molar-refractivity contribution in [3.8, 4) is 5.75 Å². The molecule has 5 nitrogen and oxygen atoms in total. The van der Waals surface area contributed by atoms with Gasteiger partial charge in [-0.2, -0.15) is 0 Å². The van der Waals surface area contributed by atoms with Crippen LogP contribution in [0.5, 0.6) is 5.75 Å². The van der Waals surface area contributed by atoms with Crippen molar-refractivity contribution >= 4 is 28.8 Å². The number of aliphatic hydroxyl groups is 1. The number of hydrogen-bond donors (Lipinski definition) is 2. The number of nitrogens with zero attached hydrogens (tertiary/aromatic N) is 1. The van der Waals surface area contributed by atoms with Crippen LogP contribution in [-0.2, 0) is 16.1 Å². The van der Waals surface area contributed by atoms with Crippen molar-refractivity contribution in [3.63, 3.8) is 0 Å². The van der Waals surface area contributed by atoms with E-state index in [2.05, 4.69) is 0 Å². The maximum atomic E-state index is 13.1. The van der Waals surface area contributed by atoms with Gasteiger partial charge in [-0.05, 0) is 54.6 Å². The van der Waals surface area contributed by atoms with Crippen LogP contribution in [0.15, 0.2) is 65.6 Å². The standard InChI is InChI=1S/C24H21NO4S/c1-14-8-9-15(2)19(11-14)22(27)20-21(16-5-3-6-17(26)12-16)25(24(29)23(20)28)13-18-7-4-10-30-18/h3-12,21,26-27H,13H2,1-2H3/b22-20+. The predicted octanol–water partition coefficient (Wildman–Crippen LogP) is 4.69. The number of hydrogen-bond acceptors (Lipinski definition) is 5. The van der Waals surface area contributed by atoms with Gasteiger partial charge in [-0.3, -0.25) is 9.59 Å². The molecule has 1 aromatic heterocycles. The van der Waals surface area contributed by atoms with Gasteiger partial charge in [-0.1, -0.05) is 35.9 Å². The SMILES string of the molecule is Cc1ccc(C)c(/C(O)=C2\C(=O)C(=O)N(Cc3cccs3)C2c2cccc(O)c2)c1. The molecule has 1 fully saturated rings. The zero-order valence-corrected chi connectivity index (χ0v) is 17.4. The quantitative estimate of drug-likeness (QED) is 0.365. The van der Waals surface area contributed by atoms with Crippen LogP contribution in [-0.4, -0.2) is 26.8 Å². The largest absolute Gasteiger partial charge is 0.508 e. The summed E-state index contributed by atoms with van der Waals surface area (Å²) >= 11 is 1.49. The third-order valence-electron chi connectivity index (χ3n) is 5.28. The second kappa shape index (κ2) is 7.80. The molecule has 0 saturated carbocycles. The van der Waals surface area contributed by atoms with Crippen LogP contribution in [0.2, 0.25) is 0 Å². The average Bonchev–Trinajstić information content (AvgIpc) is 3.32. The van der Waals surface area contributed by atoms with Crippen molar-refractivity contribution < 1.29 is 19.8 Å². The van der Waals surface area contributed by atoms with Crippen molar-refractivity contribution in [2.24, 2.45) is 0 Å². The monoisotopic (exact) mass is 419 g/mol. The Bertz CT molecular complexity index is 1160. The number of aromatic hydroxyl groups is 1. The summed E-state index contributed by atoms with van der Waals surface area (Å²) in [5.74, 6) is -1.56. The number of amides is 1. The lowest BCUT2D eigenvalue weighted by Crippen LogP contribution is -2.28. The van der Waals surface area contributed by atoms with Gasteiger partial charge in [0.1, 0.15) is 11.5 Å². The van der Waals surface area contributed by atoms with E-state index in [1.807, 2.05) is 43.5 Å². The second-order valence-electron chi connectivity index (χ2n) is 7.42. The van der Waals surface area contributed by atoms with E-state index >= 15 is 0 Å². The molecule has 4 rings (SSSR count). The van der Waals surface area contributed by atoms with Crippen LogP contribution in [0.25, 0.3) is 5.76 Å². The molecule has 0 aliphatic carbocycles. The Morgan fingerprint density at radius 1 is 1.07 bits per heavy atom. The molecule has 2 aromatic carbocycles. The normalized spacial score (nSPS) is 18.2. The lowest BCUT2D eigenvalue weighted by atomic mass is 9.93. The number of aliphatic hydroxyl groups excluding tert-OH is 1. The van der Waals surface area contributed by atoms with Gasteiger partial charge in [0.2, 0.25) is 0 Å². The van der Waals surface area contributed by atoms with Crippen molar-refractivity contribution in [2.75, 3.05) is 0 Å². The first kappa shape index (κ1) is 19.9. The highest BCUT2D eigenvalue weighted by molar-refractivity contribution is 7.09. The van der Waals surface area contributed by atoms with E-state index in [4.69, 9.17) is 0 Å². The molecule has 1 saturated heterocycles. The van der Waals surface area contributed by atoms with E-state index in [9.17, 15) is 19.8 Å². The average molecular weight is 420 g/mol. The molecule has 6 heteroatoms. The number of thiophene rings is 1. The smallest absolute Gasteiger partial charge is 0.295 e. The highest BCUT2D eigenvalue weighted by Crippen LogP contribution is 2.41. The van der Waals surface area contributed by atoms with Gasteiger partial charge in [0.25, 0.3) is 11.7 Å². The fourth-order valence-electron chi connectivity index (χ4n) is 3.79. The number of ketones is 1. The summed E-state index contributed by atoms with van der Waals surface area (Å²) in [7, 11) is 0. The van der Waals surface area contributed by atoms with Gasteiger partial charge in [0.15, 0.2) is 0 Å². The number of rotatable bonds is 4. The predicted molar refractivity (Wildman–Crippen MR) is 116 cm³/mol. The van der Waals surface area contributed by atoms with Crippen LogP contribution < -0.4 is 0 Å². The molecule has 30 heavy (non-hydrogen) atoms. The summed E-state index contributed by atoms with van der Waals surface area (Å²) in [5, 5.41) is 23.1. The van der Waals surface area contributed by atoms with Gasteiger partial charge in [-0.15, -0.1) is 11.3 Å². The number of likely N-dealkylation sites (tertiary alicyclic amines) is 1. The van der Waals surface area contributed by atoms with E-state index in [0.717, 1.165) is 16.0 Å². The Morgan fingerprint density at radius 2 is 1.87 bits per heavy atom. The fraction of sp³-hybridized carbons (Fsp3) is 0.167. The van der Waals surface area contributed by atoms with Gasteiger partial charge in [0.05, 0.1) is 18.2 Å². The Labute approximate surface area is 178 Å². The van der Waals surface area contributed by atoms with Crippen molar-refractivity contribution in [3.05, 3.63) is 92.7 Å². The lowest BCUT2D eigenvalue weighted by Gasteiger charge is -2.25. The number of carbonyl (C=O) groups excluding carboxylic acids is 2. The van der Waals surface area contributed by atoms with Crippen molar-refractivity contribution in [1.29, 1.82) is 0 Å². The number of phenolic OH excluding ortho intramolecular Hbond substituents is 1. The van der Waals surface area contributed by atoms with Crippen LogP contribution in [0.4, 0.5) is 0 Å². The van der Waals surface area contributed by atoms with E-state index in [-0.39, 0.29) is 23.6 Å². The van der Waals surface area contributed by atoms with Crippen molar-refractivity contribution in [2.45, 2.75) is 26.4 Å². The Balaban J connectivity index is 1.92. The summed E-state index contributed by atoms with van der Waals surface area (Å²) < 4.78 is 0. The highest BCUT2D eigenvalue weighted by Gasteiger charge is 2.46. The third-order valence-corrected chi connectivity index (χ3v) is 6.14. The fourth-order valence-corrected chi connectivity index (χ4v) is 4.49. The maximum absolute atomic E-state index is 13.1. The molecular weight excluding hydrogens is 398 g/mol. The number of aryl methyl sites for hydroxylation is 2. The van der Waals surface area contributed by atoms with Crippen molar-refractivity contribution in [1.82, 2.24) is 4.90 Å². The van der Waals surface area contributed by atoms with E-state index in [0.29, 0.717) is 11.1 Å². The zero-order chi connectivity index (χ0) is 21.4. The van der Waals surface area contributed by atoms with Crippen LogP contribution in [0.1, 0.15) is 33.2 Å². The zero-order valence-electron chi connectivity index (χ0n) is 16.6. The summed E-state index contributed by atoms with van der Waals surface area (Å²) in [6, 6.07) is 15.0. The lowest BCUT2D eigenvalue weighted by molar-refractivity contribution is -0.140. The molecule has 1 aliphatic rings. The summed E-state index contributed by atoms with van der Waals surface area (Å²) in [5.41, 5.74) is 2.86. The van der Waals surface area contributed by atoms with Gasteiger partial charge >= 0.3 is 0 Å². The first-order chi connectivity index (χ1) is 14.4. The first-order valence-electron chi connectivity index (χ1n) is 9.54. The van der Waals surface area contributed by atoms with Crippen LogP contribution in [0.3, 0.4) is 0 Å². The molecule has 0 bridgehead atoms. The van der Waals surface area contributed by atoms with Crippen LogP contribution >= 0.6 is 11.3 Å². The Kier molecular flexibility index (Phi) is 5.18. The maximum Gasteiger partial charge on any atom is 0.295 e. The minimum absolute atomic E-state index is 0.0287.